The molecule has 3 aromatic rings. The van der Waals surface area contributed by atoms with E-state index in [1.807, 2.05) is 48.5 Å². The maximum absolute atomic E-state index is 12.6. The molecule has 0 saturated carbocycles. The van der Waals surface area contributed by atoms with Crippen molar-refractivity contribution in [3.05, 3.63) is 88.4 Å². The first-order valence-corrected chi connectivity index (χ1v) is 9.87. The molecule has 0 amide bonds. The molecule has 0 heterocycles. The van der Waals surface area contributed by atoms with E-state index in [-0.39, 0.29) is 0 Å². The van der Waals surface area contributed by atoms with Crippen LogP contribution in [-0.4, -0.2) is 19.2 Å². The van der Waals surface area contributed by atoms with Crippen LogP contribution in [0.5, 0.6) is 17.2 Å². The maximum atomic E-state index is 12.6. The van der Waals surface area contributed by atoms with Gasteiger partial charge in [0.1, 0.15) is 36.0 Å². The summed E-state index contributed by atoms with van der Waals surface area (Å²) >= 11 is 3.46. The molecule has 3 aromatic carbocycles. The number of para-hydroxylation sites is 2. The predicted octanol–water partition coefficient (Wildman–Crippen LogP) is 5.69. The summed E-state index contributed by atoms with van der Waals surface area (Å²) in [5, 5.41) is 0. The third-order valence-corrected chi connectivity index (χ3v) is 4.69. The zero-order valence-electron chi connectivity index (χ0n) is 15.6. The van der Waals surface area contributed by atoms with Crippen LogP contribution >= 0.6 is 15.9 Å². The SMILES string of the molecule is CCc1ccc(OC(=O)c2ccccc2OCCOc2ccccc2)c(Br)c1. The molecule has 4 nitrogen and oxygen atoms in total. The van der Waals surface area contributed by atoms with E-state index in [2.05, 4.69) is 22.9 Å². The van der Waals surface area contributed by atoms with E-state index in [0.29, 0.717) is 30.3 Å². The second-order valence-electron chi connectivity index (χ2n) is 6.01. The average Bonchev–Trinajstić information content (AvgIpc) is 2.73. The molecule has 0 fully saturated rings. The van der Waals surface area contributed by atoms with Crippen molar-refractivity contribution in [1.82, 2.24) is 0 Å². The van der Waals surface area contributed by atoms with Crippen LogP contribution in [0, 0.1) is 0 Å². The van der Waals surface area contributed by atoms with Crippen LogP contribution in [0.15, 0.2) is 77.3 Å². The summed E-state index contributed by atoms with van der Waals surface area (Å²) in [6.45, 7) is 2.76. The summed E-state index contributed by atoms with van der Waals surface area (Å²) in [4.78, 5) is 12.6. The van der Waals surface area contributed by atoms with Gasteiger partial charge in [-0.15, -0.1) is 0 Å². The van der Waals surface area contributed by atoms with Crippen LogP contribution < -0.4 is 14.2 Å². The Balaban J connectivity index is 1.62. The van der Waals surface area contributed by atoms with Crippen LogP contribution in [-0.2, 0) is 6.42 Å². The number of benzene rings is 3. The standard InChI is InChI=1S/C23H21BrO4/c1-2-17-12-13-22(20(24)16-17)28-23(25)19-10-6-7-11-21(19)27-15-14-26-18-8-4-3-5-9-18/h3-13,16H,2,14-15H2,1H3. The van der Waals surface area contributed by atoms with Gasteiger partial charge in [-0.1, -0.05) is 43.3 Å². The molecule has 0 aromatic heterocycles. The molecule has 0 saturated heterocycles. The van der Waals surface area contributed by atoms with Gasteiger partial charge in [0.15, 0.2) is 0 Å². The Bertz CT molecular complexity index is 925. The van der Waals surface area contributed by atoms with Gasteiger partial charge in [0, 0.05) is 0 Å². The highest BCUT2D eigenvalue weighted by molar-refractivity contribution is 9.10. The van der Waals surface area contributed by atoms with Gasteiger partial charge >= 0.3 is 5.97 Å². The number of halogens is 1. The number of carbonyl (C=O) groups excluding carboxylic acids is 1. The van der Waals surface area contributed by atoms with E-state index in [1.54, 1.807) is 24.3 Å². The molecule has 0 aliphatic heterocycles. The smallest absolute Gasteiger partial charge is 0.347 e. The van der Waals surface area contributed by atoms with Crippen LogP contribution in [0.1, 0.15) is 22.8 Å². The average molecular weight is 441 g/mol. The Morgan fingerprint density at radius 2 is 1.57 bits per heavy atom. The highest BCUT2D eigenvalue weighted by atomic mass is 79.9. The molecular formula is C23H21BrO4. The molecule has 3 rings (SSSR count). The first kappa shape index (κ1) is 20.0. The molecule has 0 atom stereocenters. The minimum atomic E-state index is -0.468. The topological polar surface area (TPSA) is 44.8 Å². The summed E-state index contributed by atoms with van der Waals surface area (Å²) in [5.74, 6) is 1.25. The molecule has 0 aliphatic rings. The first-order valence-electron chi connectivity index (χ1n) is 9.07. The number of aryl methyl sites for hydroxylation is 1. The normalized spacial score (nSPS) is 10.4. The van der Waals surface area contributed by atoms with Gasteiger partial charge in [-0.25, -0.2) is 4.79 Å². The second kappa shape index (κ2) is 9.95. The van der Waals surface area contributed by atoms with E-state index in [0.717, 1.165) is 22.2 Å². The molecule has 0 unspecified atom stereocenters. The van der Waals surface area contributed by atoms with Crippen LogP contribution in [0.4, 0.5) is 0 Å². The van der Waals surface area contributed by atoms with E-state index in [9.17, 15) is 4.79 Å². The van der Waals surface area contributed by atoms with Gasteiger partial charge in [0.25, 0.3) is 0 Å². The fourth-order valence-corrected chi connectivity index (χ4v) is 3.10. The Hall–Kier alpha value is -2.79. The van der Waals surface area contributed by atoms with Crippen molar-refractivity contribution < 1.29 is 19.0 Å². The molecule has 0 N–H and O–H groups in total. The van der Waals surface area contributed by atoms with Crippen LogP contribution in [0.25, 0.3) is 0 Å². The molecule has 28 heavy (non-hydrogen) atoms. The number of hydrogen-bond donors (Lipinski definition) is 0. The van der Waals surface area contributed by atoms with Crippen LogP contribution in [0.3, 0.4) is 0 Å². The molecule has 0 bridgehead atoms. The van der Waals surface area contributed by atoms with Crippen molar-refractivity contribution in [3.8, 4) is 17.2 Å². The zero-order valence-corrected chi connectivity index (χ0v) is 17.1. The van der Waals surface area contributed by atoms with Crippen molar-refractivity contribution in [2.24, 2.45) is 0 Å². The van der Waals surface area contributed by atoms with E-state index in [4.69, 9.17) is 14.2 Å². The lowest BCUT2D eigenvalue weighted by atomic mass is 10.1. The van der Waals surface area contributed by atoms with E-state index >= 15 is 0 Å². The molecule has 5 heteroatoms. The summed E-state index contributed by atoms with van der Waals surface area (Å²) in [5.41, 5.74) is 1.53. The Morgan fingerprint density at radius 1 is 0.857 bits per heavy atom. The van der Waals surface area contributed by atoms with Gasteiger partial charge in [0.2, 0.25) is 0 Å². The predicted molar refractivity (Wildman–Crippen MR) is 112 cm³/mol. The summed E-state index contributed by atoms with van der Waals surface area (Å²) < 4.78 is 17.7. The largest absolute Gasteiger partial charge is 0.490 e. The monoisotopic (exact) mass is 440 g/mol. The highest BCUT2D eigenvalue weighted by Crippen LogP contribution is 2.28. The minimum absolute atomic E-state index is 0.314. The molecular weight excluding hydrogens is 420 g/mol. The fourth-order valence-electron chi connectivity index (χ4n) is 2.59. The van der Waals surface area contributed by atoms with Gasteiger partial charge in [-0.3, -0.25) is 0 Å². The Kier molecular flexibility index (Phi) is 7.09. The fraction of sp³-hybridized carbons (Fsp3) is 0.174. The van der Waals surface area contributed by atoms with Crippen molar-refractivity contribution in [2.75, 3.05) is 13.2 Å². The van der Waals surface area contributed by atoms with Gasteiger partial charge in [-0.2, -0.15) is 0 Å². The number of rotatable bonds is 8. The van der Waals surface area contributed by atoms with Crippen molar-refractivity contribution in [2.45, 2.75) is 13.3 Å². The summed E-state index contributed by atoms with van der Waals surface area (Å²) in [6.07, 6.45) is 0.911. The number of carbonyl (C=O) groups is 1. The zero-order chi connectivity index (χ0) is 19.8. The summed E-state index contributed by atoms with van der Waals surface area (Å²) in [7, 11) is 0. The lowest BCUT2D eigenvalue weighted by Crippen LogP contribution is -2.14. The number of esters is 1. The summed E-state index contributed by atoms with van der Waals surface area (Å²) in [6, 6.07) is 22.2. The van der Waals surface area contributed by atoms with Gasteiger partial charge in [-0.05, 0) is 64.3 Å². The first-order chi connectivity index (χ1) is 13.7. The minimum Gasteiger partial charge on any atom is -0.490 e. The highest BCUT2D eigenvalue weighted by Gasteiger charge is 2.16. The third kappa shape index (κ3) is 5.36. The third-order valence-electron chi connectivity index (χ3n) is 4.07. The Morgan fingerprint density at radius 3 is 2.32 bits per heavy atom. The maximum Gasteiger partial charge on any atom is 0.347 e. The molecule has 144 valence electrons. The molecule has 0 spiro atoms. The quantitative estimate of drug-likeness (QED) is 0.256. The molecule has 0 aliphatic carbocycles. The van der Waals surface area contributed by atoms with Crippen LogP contribution in [0.2, 0.25) is 0 Å². The molecule has 0 radical (unpaired) electrons. The van der Waals surface area contributed by atoms with Crippen molar-refractivity contribution >= 4 is 21.9 Å². The van der Waals surface area contributed by atoms with Gasteiger partial charge in [0.05, 0.1) is 4.47 Å². The number of ether oxygens (including phenoxy) is 3. The lowest BCUT2D eigenvalue weighted by Gasteiger charge is -2.12. The van der Waals surface area contributed by atoms with Crippen molar-refractivity contribution in [3.63, 3.8) is 0 Å². The number of hydrogen-bond acceptors (Lipinski definition) is 4. The van der Waals surface area contributed by atoms with Crippen molar-refractivity contribution in [1.29, 1.82) is 0 Å². The lowest BCUT2D eigenvalue weighted by molar-refractivity contribution is 0.0728. The van der Waals surface area contributed by atoms with E-state index in [1.165, 1.54) is 0 Å². The van der Waals surface area contributed by atoms with E-state index < -0.39 is 5.97 Å². The Labute approximate surface area is 173 Å². The van der Waals surface area contributed by atoms with Gasteiger partial charge < -0.3 is 14.2 Å². The second-order valence-corrected chi connectivity index (χ2v) is 6.87.